The van der Waals surface area contributed by atoms with Gasteiger partial charge >= 0.3 is 16.5 Å². The normalized spacial score (nSPS) is 12.0. The maximum atomic E-state index is 6.91. The Morgan fingerprint density at radius 3 is 1.20 bits per heavy atom. The minimum atomic E-state index is 0. The van der Waals surface area contributed by atoms with E-state index in [-0.39, 0.29) is 16.5 Å². The molecule has 264 valence electrons. The zero-order chi connectivity index (χ0) is 36.2. The molecule has 5 nitrogen and oxygen atoms in total. The smallest absolute Gasteiger partial charge is 0.657 e. The Morgan fingerprint density at radius 2 is 0.741 bits per heavy atom. The molecule has 54 heavy (non-hydrogen) atoms. The van der Waals surface area contributed by atoms with Crippen molar-refractivity contribution in [2.24, 2.45) is 5.73 Å². The third-order valence-electron chi connectivity index (χ3n) is 9.28. The molecule has 2 aliphatic heterocycles. The quantitative estimate of drug-likeness (QED) is 0.179. The molecule has 9 rings (SSSR count). The van der Waals surface area contributed by atoms with E-state index < -0.39 is 0 Å². The van der Waals surface area contributed by atoms with Gasteiger partial charge in [0.15, 0.2) is 0 Å². The van der Waals surface area contributed by atoms with Gasteiger partial charge in [-0.1, -0.05) is 119 Å². The van der Waals surface area contributed by atoms with Crippen LogP contribution >= 0.6 is 46.4 Å². The van der Waals surface area contributed by atoms with Gasteiger partial charge in [0.05, 0.1) is 28.5 Å². The molecule has 0 saturated carbocycles. The van der Waals surface area contributed by atoms with Crippen molar-refractivity contribution in [3.63, 3.8) is 0 Å². The summed E-state index contributed by atoms with van der Waals surface area (Å²) in [5.41, 5.74) is 19.8. The van der Waals surface area contributed by atoms with Gasteiger partial charge in [0, 0.05) is 25.7 Å². The Kier molecular flexibility index (Phi) is 9.74. The molecule has 10 heteroatoms. The van der Waals surface area contributed by atoms with Crippen LogP contribution in [0.15, 0.2) is 121 Å². The van der Waals surface area contributed by atoms with Crippen LogP contribution in [0.3, 0.4) is 0 Å². The van der Waals surface area contributed by atoms with Gasteiger partial charge in [0.25, 0.3) is 0 Å². The number of nitrogens with zero attached hydrogens (tertiary/aromatic N) is 4. The predicted octanol–water partition coefficient (Wildman–Crippen LogP) is 12.5. The first-order chi connectivity index (χ1) is 25.8. The van der Waals surface area contributed by atoms with E-state index in [0.717, 1.165) is 66.8 Å². The van der Waals surface area contributed by atoms with Crippen LogP contribution in [0.2, 0.25) is 20.1 Å². The maximum Gasteiger partial charge on any atom is 2.00 e. The van der Waals surface area contributed by atoms with E-state index in [1.807, 2.05) is 140 Å². The van der Waals surface area contributed by atoms with Crippen LogP contribution in [0, 0.1) is 0 Å². The third kappa shape index (κ3) is 6.66. The molecule has 5 heterocycles. The number of hydrogen-bond acceptors (Lipinski definition) is 3. The zero-order valence-electron chi connectivity index (χ0n) is 28.0. The molecule has 0 radical (unpaired) electrons. The molecule has 2 aliphatic rings. The van der Waals surface area contributed by atoms with E-state index in [1.54, 1.807) is 0 Å². The van der Waals surface area contributed by atoms with Crippen LogP contribution in [0.5, 0.6) is 0 Å². The first-order valence-electron chi connectivity index (χ1n) is 16.7. The van der Waals surface area contributed by atoms with Gasteiger partial charge in [0.1, 0.15) is 0 Å². The standard InChI is InChI=1S/C44H25Cl4N5.Ni/c45-28-9-1-24(2-10-28)40-33-17-18-34(50-33)41(25-3-11-29(46)12-4-25)36-21-22-38(52-36)43(27-7-15-31(48)16-8-27)44-32(49)23-39(53-44)42(37-20-19-35(40)51-37)26-5-13-30(47)14-6-26;/h1-23H,49H2;/q-2;+2. The summed E-state index contributed by atoms with van der Waals surface area (Å²) in [7, 11) is 0. The van der Waals surface area contributed by atoms with Gasteiger partial charge in [-0.2, -0.15) is 0 Å². The van der Waals surface area contributed by atoms with Crippen LogP contribution in [-0.2, 0) is 16.5 Å². The van der Waals surface area contributed by atoms with Crippen LogP contribution in [-0.4, -0.2) is 9.97 Å². The Bertz CT molecular complexity index is 2800. The number of aromatic nitrogens is 4. The van der Waals surface area contributed by atoms with Gasteiger partial charge in [0.2, 0.25) is 0 Å². The summed E-state index contributed by atoms with van der Waals surface area (Å²) < 4.78 is 0. The molecule has 0 aliphatic carbocycles. The molecule has 0 spiro atoms. The first-order valence-corrected chi connectivity index (χ1v) is 18.2. The van der Waals surface area contributed by atoms with Gasteiger partial charge in [-0.3, -0.25) is 0 Å². The Balaban J connectivity index is 0.00000413. The van der Waals surface area contributed by atoms with Crippen molar-refractivity contribution in [3.8, 4) is 44.5 Å². The number of halogens is 4. The van der Waals surface area contributed by atoms with Crippen molar-refractivity contribution in [2.45, 2.75) is 0 Å². The summed E-state index contributed by atoms with van der Waals surface area (Å²) in [6, 6.07) is 38.7. The third-order valence-corrected chi connectivity index (χ3v) is 10.3. The number of benzene rings is 4. The molecular formula is C44H25Cl4N5Ni. The minimum Gasteiger partial charge on any atom is -0.657 e. The average Bonchev–Trinajstić information content (AvgIpc) is 3.99. The maximum absolute atomic E-state index is 6.91. The minimum absolute atomic E-state index is 0. The summed E-state index contributed by atoms with van der Waals surface area (Å²) in [6.07, 6.45) is 5.90. The SMILES string of the molecule is NC1=Cc2nc1c(-c1ccc(Cl)cc1)c1ccc([n-]1)c(-c1ccc(Cl)cc1)c1ccc([n-]1)c(-c1ccc(Cl)cc1)c1nc(c2-c2ccc(Cl)cc2)C=C1.[Ni+2]. The number of hydrogen-bond donors (Lipinski definition) is 1. The monoisotopic (exact) mass is 821 g/mol. The summed E-state index contributed by atoms with van der Waals surface area (Å²) in [5, 5.41) is 2.51. The second kappa shape index (κ2) is 14.6. The fourth-order valence-corrected chi connectivity index (χ4v) is 7.34. The summed E-state index contributed by atoms with van der Waals surface area (Å²) in [6.45, 7) is 0. The first kappa shape index (κ1) is 35.9. The van der Waals surface area contributed by atoms with Crippen molar-refractivity contribution in [1.82, 2.24) is 19.9 Å². The molecule has 0 fully saturated rings. The molecule has 0 saturated heterocycles. The largest absolute Gasteiger partial charge is 2.00 e. The van der Waals surface area contributed by atoms with Crippen LogP contribution in [0.1, 0.15) is 22.8 Å². The van der Waals surface area contributed by atoms with Crippen LogP contribution < -0.4 is 15.7 Å². The average molecular weight is 824 g/mol. The van der Waals surface area contributed by atoms with E-state index in [9.17, 15) is 0 Å². The topological polar surface area (TPSA) is 80.0 Å². The second-order valence-electron chi connectivity index (χ2n) is 12.6. The molecule has 0 atom stereocenters. The number of fused-ring (bicyclic) bond motifs is 8. The van der Waals surface area contributed by atoms with Gasteiger partial charge in [-0.15, -0.1) is 22.1 Å². The number of rotatable bonds is 4. The molecule has 4 aromatic carbocycles. The van der Waals surface area contributed by atoms with Crippen LogP contribution in [0.25, 0.3) is 90.5 Å². The van der Waals surface area contributed by atoms with Crippen molar-refractivity contribution >= 4 is 92.4 Å². The molecular weight excluding hydrogens is 799 g/mol. The van der Waals surface area contributed by atoms with Crippen molar-refractivity contribution < 1.29 is 16.5 Å². The summed E-state index contributed by atoms with van der Waals surface area (Å²) in [4.78, 5) is 21.1. The summed E-state index contributed by atoms with van der Waals surface area (Å²) >= 11 is 25.4. The van der Waals surface area contributed by atoms with E-state index in [2.05, 4.69) is 0 Å². The van der Waals surface area contributed by atoms with Crippen molar-refractivity contribution in [2.75, 3.05) is 0 Å². The summed E-state index contributed by atoms with van der Waals surface area (Å²) in [5.74, 6) is 0. The van der Waals surface area contributed by atoms with E-state index in [1.165, 1.54) is 0 Å². The molecule has 7 aromatic rings. The predicted molar refractivity (Wildman–Crippen MR) is 222 cm³/mol. The molecule has 3 aromatic heterocycles. The molecule has 0 unspecified atom stereocenters. The van der Waals surface area contributed by atoms with Crippen molar-refractivity contribution in [1.29, 1.82) is 0 Å². The van der Waals surface area contributed by atoms with Gasteiger partial charge < -0.3 is 15.7 Å². The van der Waals surface area contributed by atoms with E-state index >= 15 is 0 Å². The Labute approximate surface area is 341 Å². The van der Waals surface area contributed by atoms with Crippen molar-refractivity contribution in [3.05, 3.63) is 164 Å². The Hall–Kier alpha value is -5.07. The Morgan fingerprint density at radius 1 is 0.389 bits per heavy atom. The fraction of sp³-hybridized carbons (Fsp3) is 0. The van der Waals surface area contributed by atoms with Gasteiger partial charge in [-0.25, -0.2) is 9.97 Å². The van der Waals surface area contributed by atoms with E-state index in [4.69, 9.17) is 72.1 Å². The zero-order valence-corrected chi connectivity index (χ0v) is 32.0. The molecule has 2 N–H and O–H groups in total. The van der Waals surface area contributed by atoms with Crippen LogP contribution in [0.4, 0.5) is 0 Å². The fourth-order valence-electron chi connectivity index (χ4n) is 6.84. The van der Waals surface area contributed by atoms with Gasteiger partial charge in [-0.05, 0) is 106 Å². The second-order valence-corrected chi connectivity index (χ2v) is 14.4. The molecule has 0 amide bonds. The van der Waals surface area contributed by atoms with E-state index in [0.29, 0.717) is 48.4 Å². The molecule has 8 bridgehead atoms. The number of nitrogens with two attached hydrogens (primary N) is 1.